The summed E-state index contributed by atoms with van der Waals surface area (Å²) in [5, 5.41) is 8.62. The van der Waals surface area contributed by atoms with Crippen molar-refractivity contribution in [1.82, 2.24) is 0 Å². The van der Waals surface area contributed by atoms with Gasteiger partial charge in [0.15, 0.2) is 0 Å². The number of benzene rings is 1. The van der Waals surface area contributed by atoms with Crippen molar-refractivity contribution in [3.05, 3.63) is 29.8 Å². The molecule has 0 heterocycles. The van der Waals surface area contributed by atoms with Gasteiger partial charge in [-0.25, -0.2) is 8.78 Å². The van der Waals surface area contributed by atoms with Crippen LogP contribution in [0.2, 0.25) is 0 Å². The van der Waals surface area contributed by atoms with Crippen LogP contribution < -0.4 is 4.90 Å². The van der Waals surface area contributed by atoms with Gasteiger partial charge in [0, 0.05) is 18.7 Å². The summed E-state index contributed by atoms with van der Waals surface area (Å²) in [5.74, 6) is -2.06. The predicted octanol–water partition coefficient (Wildman–Crippen LogP) is 2.65. The zero-order valence-electron chi connectivity index (χ0n) is 9.78. The van der Waals surface area contributed by atoms with Gasteiger partial charge in [0.1, 0.15) is 11.6 Å². The van der Waals surface area contributed by atoms with Gasteiger partial charge in [-0.2, -0.15) is 0 Å². The van der Waals surface area contributed by atoms with Crippen molar-refractivity contribution >= 4 is 11.7 Å². The quantitative estimate of drug-likeness (QED) is 0.864. The van der Waals surface area contributed by atoms with E-state index in [1.807, 2.05) is 0 Å². The summed E-state index contributed by atoms with van der Waals surface area (Å²) in [6, 6.07) is 3.05. The number of nitrogens with zero attached hydrogens (tertiary/aromatic N) is 1. The topological polar surface area (TPSA) is 40.5 Å². The molecule has 0 spiro atoms. The highest BCUT2D eigenvalue weighted by molar-refractivity contribution is 5.67. The van der Waals surface area contributed by atoms with E-state index in [9.17, 15) is 13.6 Å². The molecular weight excluding hydrogens is 228 g/mol. The number of carbonyl (C=O) groups is 1. The highest BCUT2D eigenvalue weighted by Crippen LogP contribution is 2.22. The molecule has 0 radical (unpaired) electrons. The van der Waals surface area contributed by atoms with Crippen LogP contribution in [0.4, 0.5) is 14.5 Å². The third-order valence-corrected chi connectivity index (χ3v) is 2.41. The van der Waals surface area contributed by atoms with Gasteiger partial charge >= 0.3 is 5.97 Å². The van der Waals surface area contributed by atoms with E-state index < -0.39 is 17.6 Å². The molecule has 0 atom stereocenters. The van der Waals surface area contributed by atoms with E-state index in [-0.39, 0.29) is 24.7 Å². The van der Waals surface area contributed by atoms with Crippen LogP contribution in [-0.2, 0) is 4.79 Å². The molecule has 0 bridgehead atoms. The van der Waals surface area contributed by atoms with E-state index >= 15 is 0 Å². The van der Waals surface area contributed by atoms with Crippen molar-refractivity contribution in [2.75, 3.05) is 11.4 Å². The van der Waals surface area contributed by atoms with Gasteiger partial charge in [-0.1, -0.05) is 0 Å². The first-order valence-electron chi connectivity index (χ1n) is 5.35. The number of rotatable bonds is 5. The molecule has 0 aliphatic carbocycles. The van der Waals surface area contributed by atoms with Crippen molar-refractivity contribution < 1.29 is 18.7 Å². The molecule has 0 amide bonds. The Morgan fingerprint density at radius 1 is 1.41 bits per heavy atom. The molecule has 0 fully saturated rings. The Bertz CT molecular complexity index is 407. The molecule has 94 valence electrons. The van der Waals surface area contributed by atoms with Crippen LogP contribution in [0.5, 0.6) is 0 Å². The summed E-state index contributed by atoms with van der Waals surface area (Å²) in [5.41, 5.74) is 0.0984. The lowest BCUT2D eigenvalue weighted by molar-refractivity contribution is -0.136. The van der Waals surface area contributed by atoms with E-state index in [4.69, 9.17) is 5.11 Å². The lowest BCUT2D eigenvalue weighted by atomic mass is 10.2. The number of carboxylic acid groups (broad SMARTS) is 1. The fraction of sp³-hybridized carbons (Fsp3) is 0.417. The van der Waals surface area contributed by atoms with Gasteiger partial charge in [0.2, 0.25) is 0 Å². The second kappa shape index (κ2) is 5.61. The molecule has 17 heavy (non-hydrogen) atoms. The van der Waals surface area contributed by atoms with Gasteiger partial charge in [0.05, 0.1) is 12.1 Å². The van der Waals surface area contributed by atoms with Crippen molar-refractivity contribution in [2.45, 2.75) is 26.3 Å². The van der Waals surface area contributed by atoms with Crippen LogP contribution in [0.1, 0.15) is 20.3 Å². The lowest BCUT2D eigenvalue weighted by Gasteiger charge is -2.28. The van der Waals surface area contributed by atoms with E-state index in [2.05, 4.69) is 0 Å². The SMILES string of the molecule is CC(C)N(CCC(=O)O)c1cc(F)ccc1F. The van der Waals surface area contributed by atoms with Crippen LogP contribution in [0, 0.1) is 11.6 Å². The van der Waals surface area contributed by atoms with E-state index in [0.29, 0.717) is 0 Å². The van der Waals surface area contributed by atoms with Gasteiger partial charge in [-0.15, -0.1) is 0 Å². The molecule has 1 N–H and O–H groups in total. The Morgan fingerprint density at radius 3 is 2.59 bits per heavy atom. The largest absolute Gasteiger partial charge is 0.481 e. The van der Waals surface area contributed by atoms with Crippen molar-refractivity contribution in [2.24, 2.45) is 0 Å². The number of aliphatic carboxylic acids is 1. The molecule has 1 aromatic carbocycles. The molecule has 0 aromatic heterocycles. The first-order valence-corrected chi connectivity index (χ1v) is 5.35. The summed E-state index contributed by atoms with van der Waals surface area (Å²) in [4.78, 5) is 12.0. The maximum absolute atomic E-state index is 13.5. The molecular formula is C12H15F2NO2. The van der Waals surface area contributed by atoms with Crippen LogP contribution in [-0.4, -0.2) is 23.7 Å². The van der Waals surface area contributed by atoms with Crippen molar-refractivity contribution in [1.29, 1.82) is 0 Å². The van der Waals surface area contributed by atoms with Crippen LogP contribution in [0.3, 0.4) is 0 Å². The zero-order chi connectivity index (χ0) is 13.0. The lowest BCUT2D eigenvalue weighted by Crippen LogP contribution is -2.33. The van der Waals surface area contributed by atoms with E-state index in [1.165, 1.54) is 4.90 Å². The number of hydrogen-bond donors (Lipinski definition) is 1. The third-order valence-electron chi connectivity index (χ3n) is 2.41. The number of anilines is 1. The fourth-order valence-electron chi connectivity index (χ4n) is 1.58. The monoisotopic (exact) mass is 243 g/mol. The molecule has 0 unspecified atom stereocenters. The molecule has 0 aliphatic heterocycles. The second-order valence-electron chi connectivity index (χ2n) is 4.03. The molecule has 3 nitrogen and oxygen atoms in total. The number of carboxylic acids is 1. The van der Waals surface area contributed by atoms with E-state index in [0.717, 1.165) is 18.2 Å². The molecule has 0 saturated carbocycles. The minimum Gasteiger partial charge on any atom is -0.481 e. The number of hydrogen-bond acceptors (Lipinski definition) is 2. The molecule has 0 aliphatic rings. The maximum atomic E-state index is 13.5. The summed E-state index contributed by atoms with van der Waals surface area (Å²) >= 11 is 0. The molecule has 1 aromatic rings. The Balaban J connectivity index is 2.96. The first-order chi connectivity index (χ1) is 7.91. The third kappa shape index (κ3) is 3.69. The summed E-state index contributed by atoms with van der Waals surface area (Å²) in [7, 11) is 0. The zero-order valence-corrected chi connectivity index (χ0v) is 9.78. The highest BCUT2D eigenvalue weighted by atomic mass is 19.1. The predicted molar refractivity (Wildman–Crippen MR) is 61.1 cm³/mol. The van der Waals surface area contributed by atoms with Crippen LogP contribution in [0.15, 0.2) is 18.2 Å². The Hall–Kier alpha value is -1.65. The normalized spacial score (nSPS) is 10.6. The van der Waals surface area contributed by atoms with Gasteiger partial charge in [-0.05, 0) is 26.0 Å². The summed E-state index contributed by atoms with van der Waals surface area (Å²) in [6.45, 7) is 3.74. The van der Waals surface area contributed by atoms with Crippen LogP contribution >= 0.6 is 0 Å². The smallest absolute Gasteiger partial charge is 0.305 e. The molecule has 0 saturated heterocycles. The average Bonchev–Trinajstić information content (AvgIpc) is 2.22. The van der Waals surface area contributed by atoms with Gasteiger partial charge in [0.25, 0.3) is 0 Å². The highest BCUT2D eigenvalue weighted by Gasteiger charge is 2.16. The average molecular weight is 243 g/mol. The maximum Gasteiger partial charge on any atom is 0.305 e. The molecule has 1 rings (SSSR count). The summed E-state index contributed by atoms with van der Waals surface area (Å²) in [6.07, 6.45) is -0.117. The first kappa shape index (κ1) is 13.4. The van der Waals surface area contributed by atoms with Crippen LogP contribution in [0.25, 0.3) is 0 Å². The fourth-order valence-corrected chi connectivity index (χ4v) is 1.58. The van der Waals surface area contributed by atoms with E-state index in [1.54, 1.807) is 13.8 Å². The van der Waals surface area contributed by atoms with Gasteiger partial charge in [-0.3, -0.25) is 4.79 Å². The molecule has 5 heteroatoms. The number of halogens is 2. The van der Waals surface area contributed by atoms with Crippen molar-refractivity contribution in [3.8, 4) is 0 Å². The minimum absolute atomic E-state index is 0.0984. The Labute approximate surface area is 98.7 Å². The second-order valence-corrected chi connectivity index (χ2v) is 4.03. The van der Waals surface area contributed by atoms with Gasteiger partial charge < -0.3 is 10.0 Å². The summed E-state index contributed by atoms with van der Waals surface area (Å²) < 4.78 is 26.6. The minimum atomic E-state index is -0.965. The van der Waals surface area contributed by atoms with Crippen molar-refractivity contribution in [3.63, 3.8) is 0 Å². The standard InChI is InChI=1S/C12H15F2NO2/c1-8(2)15(6-5-12(16)17)11-7-9(13)3-4-10(11)14/h3-4,7-8H,5-6H2,1-2H3,(H,16,17). The Morgan fingerprint density at radius 2 is 2.06 bits per heavy atom. The Kier molecular flexibility index (Phi) is 4.43.